The van der Waals surface area contributed by atoms with Crippen molar-refractivity contribution in [3.8, 4) is 0 Å². The van der Waals surface area contributed by atoms with Gasteiger partial charge in [-0.25, -0.2) is 0 Å². The van der Waals surface area contributed by atoms with Crippen LogP contribution in [0.5, 0.6) is 0 Å². The lowest BCUT2D eigenvalue weighted by Gasteiger charge is -2.36. The number of thioether (sulfide) groups is 1. The predicted molar refractivity (Wildman–Crippen MR) is 72.5 cm³/mol. The number of carboxylic acid groups (broad SMARTS) is 1. The highest BCUT2D eigenvalue weighted by Gasteiger charge is 2.40. The van der Waals surface area contributed by atoms with Gasteiger partial charge in [-0.2, -0.15) is 0 Å². The van der Waals surface area contributed by atoms with Gasteiger partial charge < -0.3 is 10.2 Å². The number of hydrogen-bond donors (Lipinski definition) is 2. The summed E-state index contributed by atoms with van der Waals surface area (Å²) in [6.45, 7) is 1.95. The molecule has 2 atom stereocenters. The normalized spacial score (nSPS) is 26.8. The first-order chi connectivity index (χ1) is 8.32. The second-order valence-electron chi connectivity index (χ2n) is 4.50. The average Bonchev–Trinajstić information content (AvgIpc) is 2.19. The molecule has 1 aliphatic rings. The molecule has 0 aliphatic carbocycles. The zero-order chi connectivity index (χ0) is 13.5. The summed E-state index contributed by atoms with van der Waals surface area (Å²) in [6.07, 6.45) is 0.0534. The van der Waals surface area contributed by atoms with Crippen molar-refractivity contribution in [2.24, 2.45) is 0 Å². The second kappa shape index (κ2) is 4.93. The van der Waals surface area contributed by atoms with E-state index in [1.807, 2.05) is 6.92 Å². The van der Waals surface area contributed by atoms with Crippen LogP contribution in [0.25, 0.3) is 0 Å². The number of aliphatic carboxylic acids is 1. The van der Waals surface area contributed by atoms with Crippen LogP contribution in [0.3, 0.4) is 0 Å². The van der Waals surface area contributed by atoms with Crippen molar-refractivity contribution < 1.29 is 15.0 Å². The highest BCUT2D eigenvalue weighted by molar-refractivity contribution is 8.00. The zero-order valence-corrected chi connectivity index (χ0v) is 11.9. The summed E-state index contributed by atoms with van der Waals surface area (Å²) in [4.78, 5) is 11.7. The maximum Gasteiger partial charge on any atom is 0.306 e. The topological polar surface area (TPSA) is 57.5 Å². The first-order valence-corrected chi connectivity index (χ1v) is 7.06. The standard InChI is InChI=1S/C12H12Cl2O3S/c1-6-4-12(17,5-11(15)16)7-2-8(13)9(14)3-10(7)18-6/h2-3,6,17H,4-5H2,1H3,(H,15,16)/t6-,12-/m1/s1. The van der Waals surface area contributed by atoms with E-state index >= 15 is 0 Å². The number of benzene rings is 1. The summed E-state index contributed by atoms with van der Waals surface area (Å²) in [6, 6.07) is 3.26. The molecule has 0 unspecified atom stereocenters. The number of carbonyl (C=O) groups is 1. The van der Waals surface area contributed by atoms with E-state index in [1.165, 1.54) is 0 Å². The molecule has 1 aromatic carbocycles. The quantitative estimate of drug-likeness (QED) is 0.877. The van der Waals surface area contributed by atoms with Gasteiger partial charge in [0.2, 0.25) is 0 Å². The van der Waals surface area contributed by atoms with Gasteiger partial charge in [-0.15, -0.1) is 11.8 Å². The molecule has 0 spiro atoms. The summed E-state index contributed by atoms with van der Waals surface area (Å²) in [7, 11) is 0. The highest BCUT2D eigenvalue weighted by Crippen LogP contribution is 2.48. The van der Waals surface area contributed by atoms with E-state index in [0.717, 1.165) is 4.90 Å². The van der Waals surface area contributed by atoms with Gasteiger partial charge in [0.25, 0.3) is 0 Å². The zero-order valence-electron chi connectivity index (χ0n) is 9.61. The molecule has 0 radical (unpaired) electrons. The molecule has 1 heterocycles. The fourth-order valence-corrected chi connectivity index (χ4v) is 4.00. The molecule has 0 bridgehead atoms. The van der Waals surface area contributed by atoms with Crippen LogP contribution in [0.1, 0.15) is 25.3 Å². The number of halogens is 2. The third-order valence-electron chi connectivity index (χ3n) is 2.92. The molecule has 6 heteroatoms. The lowest BCUT2D eigenvalue weighted by Crippen LogP contribution is -2.35. The Kier molecular flexibility index (Phi) is 3.83. The summed E-state index contributed by atoms with van der Waals surface area (Å²) in [5.41, 5.74) is -0.817. The van der Waals surface area contributed by atoms with Crippen molar-refractivity contribution in [2.45, 2.75) is 35.5 Å². The molecule has 98 valence electrons. The van der Waals surface area contributed by atoms with E-state index in [0.29, 0.717) is 22.0 Å². The van der Waals surface area contributed by atoms with Crippen molar-refractivity contribution >= 4 is 40.9 Å². The third kappa shape index (κ3) is 2.62. The van der Waals surface area contributed by atoms with Crippen LogP contribution in [0.2, 0.25) is 10.0 Å². The molecule has 1 aliphatic heterocycles. The lowest BCUT2D eigenvalue weighted by molar-refractivity contribution is -0.143. The summed E-state index contributed by atoms with van der Waals surface area (Å²) >= 11 is 13.5. The van der Waals surface area contributed by atoms with Gasteiger partial charge in [-0.05, 0) is 24.1 Å². The van der Waals surface area contributed by atoms with Gasteiger partial charge >= 0.3 is 5.97 Å². The fourth-order valence-electron chi connectivity index (χ4n) is 2.25. The number of fused-ring (bicyclic) bond motifs is 1. The summed E-state index contributed by atoms with van der Waals surface area (Å²) in [5.74, 6) is -1.03. The molecule has 3 nitrogen and oxygen atoms in total. The number of carboxylic acids is 1. The Labute approximate surface area is 119 Å². The average molecular weight is 307 g/mol. The van der Waals surface area contributed by atoms with Crippen LogP contribution >= 0.6 is 35.0 Å². The van der Waals surface area contributed by atoms with E-state index in [4.69, 9.17) is 28.3 Å². The first-order valence-electron chi connectivity index (χ1n) is 5.42. The van der Waals surface area contributed by atoms with Gasteiger partial charge in [-0.3, -0.25) is 4.79 Å². The maximum atomic E-state index is 10.9. The molecular weight excluding hydrogens is 295 g/mol. The molecule has 18 heavy (non-hydrogen) atoms. The second-order valence-corrected chi connectivity index (χ2v) is 6.79. The van der Waals surface area contributed by atoms with Crippen molar-refractivity contribution in [3.05, 3.63) is 27.7 Å². The summed E-state index contributed by atoms with van der Waals surface area (Å²) < 4.78 is 0. The molecule has 0 aromatic heterocycles. The van der Waals surface area contributed by atoms with Gasteiger partial charge in [0.1, 0.15) is 5.60 Å². The van der Waals surface area contributed by atoms with E-state index in [-0.39, 0.29) is 11.7 Å². The Bertz CT molecular complexity index is 506. The Hall–Kier alpha value is -0.420. The Balaban J connectivity index is 2.53. The van der Waals surface area contributed by atoms with Crippen molar-refractivity contribution in [1.29, 1.82) is 0 Å². The van der Waals surface area contributed by atoms with E-state index in [2.05, 4.69) is 0 Å². The van der Waals surface area contributed by atoms with E-state index < -0.39 is 11.6 Å². The van der Waals surface area contributed by atoms with Crippen LogP contribution in [0.15, 0.2) is 17.0 Å². The molecule has 0 saturated heterocycles. The SMILES string of the molecule is C[C@@H]1C[C@@](O)(CC(=O)O)c2cc(Cl)c(Cl)cc2S1. The lowest BCUT2D eigenvalue weighted by atomic mass is 9.85. The van der Waals surface area contributed by atoms with E-state index in [1.54, 1.807) is 23.9 Å². The van der Waals surface area contributed by atoms with Crippen LogP contribution in [-0.4, -0.2) is 21.4 Å². The first kappa shape index (κ1) is 14.0. The molecule has 2 rings (SSSR count). The highest BCUT2D eigenvalue weighted by atomic mass is 35.5. The minimum Gasteiger partial charge on any atom is -0.481 e. The largest absolute Gasteiger partial charge is 0.481 e. The minimum absolute atomic E-state index is 0.124. The fraction of sp³-hybridized carbons (Fsp3) is 0.417. The molecule has 0 saturated carbocycles. The molecule has 1 aromatic rings. The summed E-state index contributed by atoms with van der Waals surface area (Å²) in [5, 5.41) is 20.4. The Morgan fingerprint density at radius 1 is 1.50 bits per heavy atom. The Morgan fingerprint density at radius 3 is 2.72 bits per heavy atom. The monoisotopic (exact) mass is 306 g/mol. The molecule has 2 N–H and O–H groups in total. The molecular formula is C12H12Cl2O3S. The van der Waals surface area contributed by atoms with Crippen molar-refractivity contribution in [1.82, 2.24) is 0 Å². The van der Waals surface area contributed by atoms with Crippen LogP contribution < -0.4 is 0 Å². The number of hydrogen-bond acceptors (Lipinski definition) is 3. The minimum atomic E-state index is -1.37. The predicted octanol–water partition coefficient (Wildman–Crippen LogP) is 3.54. The van der Waals surface area contributed by atoms with Crippen molar-refractivity contribution in [3.63, 3.8) is 0 Å². The van der Waals surface area contributed by atoms with Gasteiger partial charge in [-0.1, -0.05) is 30.1 Å². The molecule has 0 fully saturated rings. The number of aliphatic hydroxyl groups is 1. The smallest absolute Gasteiger partial charge is 0.306 e. The van der Waals surface area contributed by atoms with Crippen molar-refractivity contribution in [2.75, 3.05) is 0 Å². The third-order valence-corrected chi connectivity index (χ3v) is 4.80. The number of rotatable bonds is 2. The van der Waals surface area contributed by atoms with Crippen LogP contribution in [0, 0.1) is 0 Å². The molecule has 0 amide bonds. The van der Waals surface area contributed by atoms with Gasteiger partial charge in [0.15, 0.2) is 0 Å². The maximum absolute atomic E-state index is 10.9. The van der Waals surface area contributed by atoms with Gasteiger partial charge in [0.05, 0.1) is 16.5 Å². The van der Waals surface area contributed by atoms with Crippen LogP contribution in [-0.2, 0) is 10.4 Å². The van der Waals surface area contributed by atoms with Crippen LogP contribution in [0.4, 0.5) is 0 Å². The van der Waals surface area contributed by atoms with Gasteiger partial charge in [0, 0.05) is 10.1 Å². The van der Waals surface area contributed by atoms with E-state index in [9.17, 15) is 9.90 Å². The Morgan fingerprint density at radius 2 is 2.11 bits per heavy atom.